The molecule has 5 heterocycles. The van der Waals surface area contributed by atoms with Gasteiger partial charge >= 0.3 is 0 Å². The highest BCUT2D eigenvalue weighted by Gasteiger charge is 2.47. The van der Waals surface area contributed by atoms with E-state index in [4.69, 9.17) is 14.7 Å². The molecule has 0 amide bonds. The number of aromatic hydroxyl groups is 1. The maximum atomic E-state index is 16.7. The maximum Gasteiger partial charge on any atom is 0.226 e. The summed E-state index contributed by atoms with van der Waals surface area (Å²) in [5, 5.41) is 16.1. The predicted molar refractivity (Wildman–Crippen MR) is 142 cm³/mol. The van der Waals surface area contributed by atoms with E-state index in [0.29, 0.717) is 44.8 Å². The molecule has 3 aliphatic rings. The molecule has 0 spiro atoms. The smallest absolute Gasteiger partial charge is 0.226 e. The Morgan fingerprint density at radius 1 is 1.11 bits per heavy atom. The van der Waals surface area contributed by atoms with Crippen LogP contribution in [0.2, 0.25) is 0 Å². The van der Waals surface area contributed by atoms with E-state index in [9.17, 15) is 9.50 Å². The summed E-state index contributed by atoms with van der Waals surface area (Å²) in [6, 6.07) is 6.45. The molecular weight excluding hydrogens is 542 g/mol. The fourth-order valence-electron chi connectivity index (χ4n) is 6.51. The van der Waals surface area contributed by atoms with Crippen molar-refractivity contribution in [2.24, 2.45) is 0 Å². The SMILES string of the molecule is Cc1nc2c3c(nc(-c4cc(O)cc5ccc(F)c(Br)c45)c(F)c3c1C)O[C@@H](C)[C@@H]1[C@@H]3CC[C@H](CN21)N3. The van der Waals surface area contributed by atoms with E-state index in [1.165, 1.54) is 18.2 Å². The number of hydrogen-bond acceptors (Lipinski definition) is 6. The minimum atomic E-state index is -0.543. The Morgan fingerprint density at radius 2 is 1.92 bits per heavy atom. The lowest BCUT2D eigenvalue weighted by Crippen LogP contribution is -2.62. The number of aromatic nitrogens is 2. The molecule has 3 aliphatic heterocycles. The van der Waals surface area contributed by atoms with E-state index in [1.54, 1.807) is 6.07 Å². The number of aryl methyl sites for hydroxylation is 2. The van der Waals surface area contributed by atoms with Crippen molar-refractivity contribution in [1.82, 2.24) is 15.3 Å². The van der Waals surface area contributed by atoms with Crippen molar-refractivity contribution in [2.45, 2.75) is 57.8 Å². The Morgan fingerprint density at radius 3 is 2.73 bits per heavy atom. The van der Waals surface area contributed by atoms with Gasteiger partial charge in [-0.15, -0.1) is 0 Å². The summed E-state index contributed by atoms with van der Waals surface area (Å²) in [5.41, 5.74) is 1.72. The number of hydrogen-bond donors (Lipinski definition) is 2. The van der Waals surface area contributed by atoms with E-state index >= 15 is 4.39 Å². The van der Waals surface area contributed by atoms with Gasteiger partial charge in [-0.05, 0) is 78.7 Å². The van der Waals surface area contributed by atoms with Crippen LogP contribution in [-0.2, 0) is 0 Å². The molecule has 4 atom stereocenters. The van der Waals surface area contributed by atoms with Crippen LogP contribution in [0, 0.1) is 25.5 Å². The summed E-state index contributed by atoms with van der Waals surface area (Å²) < 4.78 is 38.0. The third kappa shape index (κ3) is 3.23. The van der Waals surface area contributed by atoms with Gasteiger partial charge in [-0.25, -0.2) is 18.7 Å². The normalized spacial score (nSPS) is 24.3. The Hall–Kier alpha value is -3.04. The summed E-state index contributed by atoms with van der Waals surface area (Å²) in [7, 11) is 0. The Balaban J connectivity index is 1.57. The lowest BCUT2D eigenvalue weighted by molar-refractivity contribution is 0.155. The van der Waals surface area contributed by atoms with Gasteiger partial charge in [0.05, 0.1) is 15.9 Å². The van der Waals surface area contributed by atoms with Crippen molar-refractivity contribution in [3.05, 3.63) is 51.6 Å². The number of nitrogens with one attached hydrogen (secondary N) is 1. The first-order valence-electron chi connectivity index (χ1n) is 12.5. The zero-order valence-corrected chi connectivity index (χ0v) is 22.2. The quantitative estimate of drug-likeness (QED) is 0.299. The van der Waals surface area contributed by atoms with Crippen LogP contribution in [0.5, 0.6) is 11.6 Å². The molecule has 6 nitrogen and oxygen atoms in total. The maximum absolute atomic E-state index is 16.7. The van der Waals surface area contributed by atoms with Crippen LogP contribution in [0.4, 0.5) is 14.6 Å². The van der Waals surface area contributed by atoms with Crippen molar-refractivity contribution < 1.29 is 18.6 Å². The average molecular weight is 567 g/mol. The number of piperazine rings is 1. The number of anilines is 1. The summed E-state index contributed by atoms with van der Waals surface area (Å²) in [5.74, 6) is -0.0870. The number of benzene rings is 2. The number of halogens is 3. The second-order valence-electron chi connectivity index (χ2n) is 10.4. The zero-order chi connectivity index (χ0) is 25.7. The molecule has 4 aromatic rings. The van der Waals surface area contributed by atoms with Gasteiger partial charge in [-0.3, -0.25) is 0 Å². The molecule has 2 aromatic carbocycles. The van der Waals surface area contributed by atoms with Crippen LogP contribution in [0.15, 0.2) is 28.7 Å². The molecule has 2 aromatic heterocycles. The molecule has 2 bridgehead atoms. The molecule has 0 aliphatic carbocycles. The largest absolute Gasteiger partial charge is 0.508 e. The predicted octanol–water partition coefficient (Wildman–Crippen LogP) is 5.90. The van der Waals surface area contributed by atoms with Crippen LogP contribution in [0.1, 0.15) is 31.0 Å². The summed E-state index contributed by atoms with van der Waals surface area (Å²) in [4.78, 5) is 12.0. The summed E-state index contributed by atoms with van der Waals surface area (Å²) >= 11 is 3.33. The molecule has 190 valence electrons. The highest BCUT2D eigenvalue weighted by atomic mass is 79.9. The summed E-state index contributed by atoms with van der Waals surface area (Å²) in [6.45, 7) is 6.53. The van der Waals surface area contributed by atoms with Gasteiger partial charge in [-0.2, -0.15) is 0 Å². The van der Waals surface area contributed by atoms with E-state index < -0.39 is 11.6 Å². The second kappa shape index (κ2) is 7.98. The monoisotopic (exact) mass is 566 g/mol. The molecular formula is C28H25BrF2N4O2. The summed E-state index contributed by atoms with van der Waals surface area (Å²) in [6.07, 6.45) is 1.91. The van der Waals surface area contributed by atoms with E-state index in [-0.39, 0.29) is 39.7 Å². The first-order chi connectivity index (χ1) is 17.7. The molecule has 0 radical (unpaired) electrons. The van der Waals surface area contributed by atoms with Gasteiger partial charge in [0.1, 0.15) is 29.2 Å². The zero-order valence-electron chi connectivity index (χ0n) is 20.6. The Labute approximate surface area is 220 Å². The molecule has 37 heavy (non-hydrogen) atoms. The first-order valence-corrected chi connectivity index (χ1v) is 13.3. The molecule has 0 unspecified atom stereocenters. The number of ether oxygens (including phenoxy) is 1. The van der Waals surface area contributed by atoms with E-state index in [2.05, 4.69) is 26.1 Å². The molecule has 2 N–H and O–H groups in total. The van der Waals surface area contributed by atoms with Gasteiger partial charge in [0.25, 0.3) is 0 Å². The van der Waals surface area contributed by atoms with Crippen molar-refractivity contribution in [1.29, 1.82) is 0 Å². The molecule has 9 heteroatoms. The van der Waals surface area contributed by atoms with Crippen molar-refractivity contribution >= 4 is 43.3 Å². The van der Waals surface area contributed by atoms with Crippen LogP contribution >= 0.6 is 15.9 Å². The van der Waals surface area contributed by atoms with E-state index in [1.807, 2.05) is 20.8 Å². The van der Waals surface area contributed by atoms with Crippen LogP contribution in [-0.4, -0.2) is 45.8 Å². The number of pyridine rings is 2. The molecule has 0 saturated carbocycles. The highest BCUT2D eigenvalue weighted by Crippen LogP contribution is 2.47. The second-order valence-corrected chi connectivity index (χ2v) is 11.2. The first kappa shape index (κ1) is 23.1. The number of phenolic OH excluding ortho intramolecular Hbond substituents is 1. The lowest BCUT2D eigenvalue weighted by Gasteiger charge is -2.43. The van der Waals surface area contributed by atoms with Crippen molar-refractivity contribution in [3.8, 4) is 22.9 Å². The molecule has 2 saturated heterocycles. The van der Waals surface area contributed by atoms with Crippen LogP contribution in [0.3, 0.4) is 0 Å². The van der Waals surface area contributed by atoms with Gasteiger partial charge in [-0.1, -0.05) is 6.07 Å². The third-order valence-corrected chi connectivity index (χ3v) is 9.06. The number of fused-ring (bicyclic) bond motifs is 6. The van der Waals surface area contributed by atoms with Gasteiger partial charge < -0.3 is 20.1 Å². The molecule has 7 rings (SSSR count). The Kier molecular flexibility index (Phi) is 4.98. The fourth-order valence-corrected chi connectivity index (χ4v) is 7.09. The lowest BCUT2D eigenvalue weighted by atomic mass is 9.97. The topological polar surface area (TPSA) is 70.5 Å². The van der Waals surface area contributed by atoms with Crippen molar-refractivity contribution in [2.75, 3.05) is 11.4 Å². The number of nitrogens with zero attached hydrogens (tertiary/aromatic N) is 3. The van der Waals surface area contributed by atoms with Crippen molar-refractivity contribution in [3.63, 3.8) is 0 Å². The van der Waals surface area contributed by atoms with Gasteiger partial charge in [0, 0.05) is 40.7 Å². The number of rotatable bonds is 1. The minimum absolute atomic E-state index is 0.000989. The van der Waals surface area contributed by atoms with Crippen LogP contribution in [0.25, 0.3) is 32.8 Å². The standard InChI is InChI=1S/C28H25BrF2N4O2/c1-11-12(2)32-27-22-20(11)24(31)25(17-9-16(36)8-14-4-6-18(30)23(29)21(14)17)34-28(22)37-13(3)26-19-7-5-15(33-19)10-35(26)27/h4,6,8-9,13,15,19,26,33,36H,5,7,10H2,1-3H3/t13-,15+,19-,26+/m0/s1. The Bertz CT molecular complexity index is 1650. The van der Waals surface area contributed by atoms with E-state index in [0.717, 1.165) is 25.1 Å². The number of phenols is 1. The average Bonchev–Trinajstić information content (AvgIpc) is 3.19. The molecule has 2 fully saturated rings. The highest BCUT2D eigenvalue weighted by molar-refractivity contribution is 9.10. The fraction of sp³-hybridized carbons (Fsp3) is 0.357. The van der Waals surface area contributed by atoms with Gasteiger partial charge in [0.2, 0.25) is 5.88 Å². The minimum Gasteiger partial charge on any atom is -0.508 e. The third-order valence-electron chi connectivity index (χ3n) is 8.28. The van der Waals surface area contributed by atoms with Crippen LogP contribution < -0.4 is 15.0 Å². The van der Waals surface area contributed by atoms with Gasteiger partial charge in [0.15, 0.2) is 5.82 Å².